The molecule has 0 radical (unpaired) electrons. The summed E-state index contributed by atoms with van der Waals surface area (Å²) in [6.07, 6.45) is 1.23. The number of likely N-dealkylation sites (tertiary alicyclic amines) is 1. The number of benzene rings is 1. The lowest BCUT2D eigenvalue weighted by atomic mass is 9.88. The van der Waals surface area contributed by atoms with Crippen molar-refractivity contribution in [1.82, 2.24) is 10.2 Å². The predicted octanol–water partition coefficient (Wildman–Crippen LogP) is 1.82. The van der Waals surface area contributed by atoms with Gasteiger partial charge in [0.2, 0.25) is 5.91 Å². The number of hydrogen-bond donors (Lipinski definition) is 1. The van der Waals surface area contributed by atoms with E-state index in [0.717, 1.165) is 5.56 Å². The molecule has 1 aromatic rings. The molecule has 0 saturated carbocycles. The Morgan fingerprint density at radius 2 is 2.00 bits per heavy atom. The molecule has 106 valence electrons. The molecule has 1 fully saturated rings. The molecule has 1 amide bonds. The monoisotopic (exact) mass is 275 g/mol. The lowest BCUT2D eigenvalue weighted by Gasteiger charge is -2.37. The molecule has 2 rings (SSSR count). The maximum absolute atomic E-state index is 12.8. The third kappa shape index (κ3) is 3.34. The van der Waals surface area contributed by atoms with Gasteiger partial charge in [-0.05, 0) is 30.5 Å². The van der Waals surface area contributed by atoms with Gasteiger partial charge in [0.15, 0.2) is 0 Å². The van der Waals surface area contributed by atoms with Crippen LogP contribution in [0, 0.1) is 17.1 Å². The van der Waals surface area contributed by atoms with Gasteiger partial charge in [-0.3, -0.25) is 10.1 Å². The SMILES string of the molecule is CC(=O)N1CCC(C#N)(NCc2ccc(F)cc2)CC1. The summed E-state index contributed by atoms with van der Waals surface area (Å²) in [7, 11) is 0. The Kier molecular flexibility index (Phi) is 4.35. The van der Waals surface area contributed by atoms with Crippen LogP contribution in [0.3, 0.4) is 0 Å². The first kappa shape index (κ1) is 14.5. The van der Waals surface area contributed by atoms with E-state index in [2.05, 4.69) is 11.4 Å². The van der Waals surface area contributed by atoms with Gasteiger partial charge < -0.3 is 4.90 Å². The summed E-state index contributed by atoms with van der Waals surface area (Å²) in [4.78, 5) is 13.1. The molecule has 0 atom stereocenters. The van der Waals surface area contributed by atoms with E-state index in [1.165, 1.54) is 12.1 Å². The zero-order chi connectivity index (χ0) is 14.6. The highest BCUT2D eigenvalue weighted by molar-refractivity contribution is 5.73. The van der Waals surface area contributed by atoms with Gasteiger partial charge in [-0.15, -0.1) is 0 Å². The largest absolute Gasteiger partial charge is 0.343 e. The van der Waals surface area contributed by atoms with E-state index >= 15 is 0 Å². The fraction of sp³-hybridized carbons (Fsp3) is 0.467. The van der Waals surface area contributed by atoms with Gasteiger partial charge in [0.1, 0.15) is 11.4 Å². The zero-order valence-corrected chi connectivity index (χ0v) is 11.5. The fourth-order valence-electron chi connectivity index (χ4n) is 2.40. The van der Waals surface area contributed by atoms with Crippen LogP contribution in [0.2, 0.25) is 0 Å². The Morgan fingerprint density at radius 3 is 2.50 bits per heavy atom. The first-order valence-electron chi connectivity index (χ1n) is 6.71. The molecule has 0 unspecified atom stereocenters. The van der Waals surface area contributed by atoms with Crippen LogP contribution in [-0.4, -0.2) is 29.4 Å². The standard InChI is InChI=1S/C15H18FN3O/c1-12(20)19-8-6-15(11-17,7-9-19)18-10-13-2-4-14(16)5-3-13/h2-5,18H,6-10H2,1H3. The first-order valence-corrected chi connectivity index (χ1v) is 6.71. The van der Waals surface area contributed by atoms with Crippen LogP contribution < -0.4 is 5.32 Å². The molecule has 0 aliphatic carbocycles. The van der Waals surface area contributed by atoms with Gasteiger partial charge in [-0.25, -0.2) is 4.39 Å². The number of rotatable bonds is 3. The van der Waals surface area contributed by atoms with Crippen LogP contribution in [-0.2, 0) is 11.3 Å². The lowest BCUT2D eigenvalue weighted by molar-refractivity contribution is -0.130. The van der Waals surface area contributed by atoms with E-state index in [1.54, 1.807) is 24.0 Å². The maximum atomic E-state index is 12.8. The molecule has 0 aromatic heterocycles. The second-order valence-electron chi connectivity index (χ2n) is 5.18. The smallest absolute Gasteiger partial charge is 0.219 e. The van der Waals surface area contributed by atoms with Gasteiger partial charge in [-0.1, -0.05) is 12.1 Å². The van der Waals surface area contributed by atoms with Crippen molar-refractivity contribution < 1.29 is 9.18 Å². The Hall–Kier alpha value is -1.93. The van der Waals surface area contributed by atoms with Crippen molar-refractivity contribution in [1.29, 1.82) is 5.26 Å². The average molecular weight is 275 g/mol. The summed E-state index contributed by atoms with van der Waals surface area (Å²) in [5.41, 5.74) is 0.343. The van der Waals surface area contributed by atoms with Crippen molar-refractivity contribution in [3.05, 3.63) is 35.6 Å². The molecular formula is C15H18FN3O. The van der Waals surface area contributed by atoms with E-state index in [9.17, 15) is 14.4 Å². The molecule has 1 heterocycles. The zero-order valence-electron chi connectivity index (χ0n) is 11.5. The Bertz CT molecular complexity index is 513. The highest BCUT2D eigenvalue weighted by Crippen LogP contribution is 2.22. The number of amides is 1. The molecule has 0 spiro atoms. The minimum atomic E-state index is -0.597. The predicted molar refractivity (Wildman–Crippen MR) is 73.1 cm³/mol. The molecule has 1 saturated heterocycles. The van der Waals surface area contributed by atoms with Crippen molar-refractivity contribution in [2.24, 2.45) is 0 Å². The van der Waals surface area contributed by atoms with E-state index in [0.29, 0.717) is 32.5 Å². The van der Waals surface area contributed by atoms with Crippen LogP contribution in [0.1, 0.15) is 25.3 Å². The third-order valence-corrected chi connectivity index (χ3v) is 3.82. The number of nitrogens with one attached hydrogen (secondary N) is 1. The number of nitriles is 1. The van der Waals surface area contributed by atoms with Crippen molar-refractivity contribution in [3.8, 4) is 6.07 Å². The normalized spacial score (nSPS) is 17.6. The Labute approximate surface area is 118 Å². The topological polar surface area (TPSA) is 56.1 Å². The summed E-state index contributed by atoms with van der Waals surface area (Å²) in [6.45, 7) is 3.26. The molecule has 1 N–H and O–H groups in total. The van der Waals surface area contributed by atoms with E-state index in [-0.39, 0.29) is 11.7 Å². The van der Waals surface area contributed by atoms with Crippen molar-refractivity contribution in [2.45, 2.75) is 31.8 Å². The summed E-state index contributed by atoms with van der Waals surface area (Å²) < 4.78 is 12.8. The second-order valence-corrected chi connectivity index (χ2v) is 5.18. The van der Waals surface area contributed by atoms with E-state index in [1.807, 2.05) is 0 Å². The van der Waals surface area contributed by atoms with Crippen LogP contribution in [0.4, 0.5) is 4.39 Å². The fourth-order valence-corrected chi connectivity index (χ4v) is 2.40. The number of piperidine rings is 1. The average Bonchev–Trinajstić information content (AvgIpc) is 2.47. The van der Waals surface area contributed by atoms with Crippen LogP contribution in [0.5, 0.6) is 0 Å². The molecular weight excluding hydrogens is 257 g/mol. The van der Waals surface area contributed by atoms with Crippen molar-refractivity contribution >= 4 is 5.91 Å². The molecule has 1 aliphatic rings. The van der Waals surface area contributed by atoms with Gasteiger partial charge in [-0.2, -0.15) is 5.26 Å². The quantitative estimate of drug-likeness (QED) is 0.915. The molecule has 1 aromatic carbocycles. The van der Waals surface area contributed by atoms with Crippen LogP contribution >= 0.6 is 0 Å². The minimum Gasteiger partial charge on any atom is -0.343 e. The Balaban J connectivity index is 1.94. The lowest BCUT2D eigenvalue weighted by Crippen LogP contribution is -2.53. The van der Waals surface area contributed by atoms with E-state index in [4.69, 9.17) is 0 Å². The Morgan fingerprint density at radius 1 is 1.40 bits per heavy atom. The van der Waals surface area contributed by atoms with Crippen LogP contribution in [0.15, 0.2) is 24.3 Å². The summed E-state index contributed by atoms with van der Waals surface area (Å²) >= 11 is 0. The van der Waals surface area contributed by atoms with Gasteiger partial charge >= 0.3 is 0 Å². The summed E-state index contributed by atoms with van der Waals surface area (Å²) in [5, 5.41) is 12.7. The molecule has 5 heteroatoms. The number of halogens is 1. The summed E-state index contributed by atoms with van der Waals surface area (Å²) in [5.74, 6) is -0.214. The second kappa shape index (κ2) is 6.02. The van der Waals surface area contributed by atoms with Gasteiger partial charge in [0, 0.05) is 26.6 Å². The molecule has 4 nitrogen and oxygen atoms in total. The van der Waals surface area contributed by atoms with Gasteiger partial charge in [0.25, 0.3) is 0 Å². The van der Waals surface area contributed by atoms with E-state index < -0.39 is 5.54 Å². The number of carbonyl (C=O) groups is 1. The van der Waals surface area contributed by atoms with Crippen molar-refractivity contribution in [3.63, 3.8) is 0 Å². The number of hydrogen-bond acceptors (Lipinski definition) is 3. The van der Waals surface area contributed by atoms with Gasteiger partial charge in [0.05, 0.1) is 6.07 Å². The minimum absolute atomic E-state index is 0.0510. The number of nitrogens with zero attached hydrogens (tertiary/aromatic N) is 2. The molecule has 20 heavy (non-hydrogen) atoms. The summed E-state index contributed by atoms with van der Waals surface area (Å²) in [6, 6.07) is 8.57. The third-order valence-electron chi connectivity index (χ3n) is 3.82. The first-order chi connectivity index (χ1) is 9.54. The van der Waals surface area contributed by atoms with Crippen LogP contribution in [0.25, 0.3) is 0 Å². The highest BCUT2D eigenvalue weighted by atomic mass is 19.1. The number of carbonyl (C=O) groups excluding carboxylic acids is 1. The highest BCUT2D eigenvalue weighted by Gasteiger charge is 2.34. The molecule has 1 aliphatic heterocycles. The van der Waals surface area contributed by atoms with Crippen molar-refractivity contribution in [2.75, 3.05) is 13.1 Å². The maximum Gasteiger partial charge on any atom is 0.219 e. The molecule has 0 bridgehead atoms.